The van der Waals surface area contributed by atoms with Crippen LogP contribution in [0.25, 0.3) is 10.9 Å². The fraction of sp³-hybridized carbons (Fsp3) is 0.211. The van der Waals surface area contributed by atoms with Crippen molar-refractivity contribution in [2.24, 2.45) is 0 Å². The van der Waals surface area contributed by atoms with E-state index in [1.807, 2.05) is 31.3 Å². The minimum Gasteiger partial charge on any atom is -0.387 e. The maximum atomic E-state index is 12.9. The Morgan fingerprint density at radius 1 is 1.25 bits per heavy atom. The SMILES string of the molecule is Cc1ccc2c(CC(=O)NCC(O)c3ccc(F)cc3)c[nH]c2c1. The molecule has 0 spiro atoms. The van der Waals surface area contributed by atoms with Crippen LogP contribution in [0.5, 0.6) is 0 Å². The van der Waals surface area contributed by atoms with Crippen molar-refractivity contribution in [1.29, 1.82) is 0 Å². The Labute approximate surface area is 139 Å². The van der Waals surface area contributed by atoms with Crippen LogP contribution in [0, 0.1) is 12.7 Å². The number of aryl methyl sites for hydroxylation is 1. The number of benzene rings is 2. The molecule has 124 valence electrons. The van der Waals surface area contributed by atoms with E-state index in [9.17, 15) is 14.3 Å². The third-order valence-electron chi connectivity index (χ3n) is 4.02. The maximum Gasteiger partial charge on any atom is 0.224 e. The second-order valence-electron chi connectivity index (χ2n) is 5.91. The predicted molar refractivity (Wildman–Crippen MR) is 91.1 cm³/mol. The van der Waals surface area contributed by atoms with Crippen LogP contribution in [0.2, 0.25) is 0 Å². The highest BCUT2D eigenvalue weighted by atomic mass is 19.1. The van der Waals surface area contributed by atoms with Crippen molar-refractivity contribution in [3.05, 3.63) is 71.2 Å². The van der Waals surface area contributed by atoms with Gasteiger partial charge in [-0.3, -0.25) is 4.79 Å². The van der Waals surface area contributed by atoms with Gasteiger partial charge in [0, 0.05) is 23.6 Å². The maximum absolute atomic E-state index is 12.9. The highest BCUT2D eigenvalue weighted by Gasteiger charge is 2.12. The van der Waals surface area contributed by atoms with Gasteiger partial charge in [0.2, 0.25) is 5.91 Å². The van der Waals surface area contributed by atoms with Gasteiger partial charge >= 0.3 is 0 Å². The number of amides is 1. The largest absolute Gasteiger partial charge is 0.387 e. The Bertz CT molecular complexity index is 855. The molecule has 0 saturated heterocycles. The molecule has 1 unspecified atom stereocenters. The smallest absolute Gasteiger partial charge is 0.224 e. The number of hydrogen-bond acceptors (Lipinski definition) is 2. The molecule has 24 heavy (non-hydrogen) atoms. The molecule has 5 heteroatoms. The Kier molecular flexibility index (Phi) is 4.62. The summed E-state index contributed by atoms with van der Waals surface area (Å²) in [7, 11) is 0. The fourth-order valence-corrected chi connectivity index (χ4v) is 2.70. The van der Waals surface area contributed by atoms with E-state index < -0.39 is 6.10 Å². The molecule has 3 aromatic rings. The minimum atomic E-state index is -0.861. The van der Waals surface area contributed by atoms with Crippen LogP contribution >= 0.6 is 0 Å². The number of aliphatic hydroxyl groups is 1. The monoisotopic (exact) mass is 326 g/mol. The number of rotatable bonds is 5. The van der Waals surface area contributed by atoms with Crippen LogP contribution in [-0.2, 0) is 11.2 Å². The third kappa shape index (κ3) is 3.63. The molecule has 0 bridgehead atoms. The zero-order valence-corrected chi connectivity index (χ0v) is 13.3. The summed E-state index contributed by atoms with van der Waals surface area (Å²) in [6.45, 7) is 2.11. The lowest BCUT2D eigenvalue weighted by molar-refractivity contribution is -0.120. The number of fused-ring (bicyclic) bond motifs is 1. The molecule has 3 rings (SSSR count). The number of aromatic nitrogens is 1. The number of H-pyrrole nitrogens is 1. The van der Waals surface area contributed by atoms with E-state index in [2.05, 4.69) is 10.3 Å². The third-order valence-corrected chi connectivity index (χ3v) is 4.02. The summed E-state index contributed by atoms with van der Waals surface area (Å²) in [6, 6.07) is 11.6. The molecule has 1 heterocycles. The first-order valence-corrected chi connectivity index (χ1v) is 7.80. The molecule has 1 atom stereocenters. The Morgan fingerprint density at radius 2 is 2.00 bits per heavy atom. The van der Waals surface area contributed by atoms with Gasteiger partial charge < -0.3 is 15.4 Å². The summed E-state index contributed by atoms with van der Waals surface area (Å²) < 4.78 is 12.9. The van der Waals surface area contributed by atoms with Gasteiger partial charge in [-0.2, -0.15) is 0 Å². The molecule has 4 nitrogen and oxygen atoms in total. The van der Waals surface area contributed by atoms with Crippen LogP contribution in [0.1, 0.15) is 22.8 Å². The van der Waals surface area contributed by atoms with Gasteiger partial charge in [0.1, 0.15) is 5.82 Å². The summed E-state index contributed by atoms with van der Waals surface area (Å²) in [6.07, 6.45) is 1.21. The summed E-state index contributed by atoms with van der Waals surface area (Å²) in [5, 5.41) is 13.8. The lowest BCUT2D eigenvalue weighted by Crippen LogP contribution is -2.29. The first-order valence-electron chi connectivity index (χ1n) is 7.80. The van der Waals surface area contributed by atoms with E-state index >= 15 is 0 Å². The highest BCUT2D eigenvalue weighted by molar-refractivity contribution is 5.89. The van der Waals surface area contributed by atoms with Gasteiger partial charge in [-0.15, -0.1) is 0 Å². The zero-order chi connectivity index (χ0) is 17.1. The van der Waals surface area contributed by atoms with Crippen molar-refractivity contribution in [3.8, 4) is 0 Å². The molecule has 0 fully saturated rings. The second kappa shape index (κ2) is 6.84. The Morgan fingerprint density at radius 3 is 2.75 bits per heavy atom. The average Bonchev–Trinajstić information content (AvgIpc) is 2.95. The number of hydrogen-bond donors (Lipinski definition) is 3. The molecule has 0 aliphatic carbocycles. The van der Waals surface area contributed by atoms with E-state index in [1.54, 1.807) is 0 Å². The van der Waals surface area contributed by atoms with E-state index in [-0.39, 0.29) is 24.7 Å². The summed E-state index contributed by atoms with van der Waals surface area (Å²) in [5.74, 6) is -0.526. The molecule has 1 aromatic heterocycles. The molecule has 0 aliphatic rings. The molecule has 3 N–H and O–H groups in total. The summed E-state index contributed by atoms with van der Waals surface area (Å²) >= 11 is 0. The number of halogens is 1. The van der Waals surface area contributed by atoms with Crippen molar-refractivity contribution < 1.29 is 14.3 Å². The second-order valence-corrected chi connectivity index (χ2v) is 5.91. The standard InChI is InChI=1S/C19H19FN2O2/c1-12-2-7-16-14(10-21-17(16)8-12)9-19(24)22-11-18(23)13-3-5-15(20)6-4-13/h2-8,10,18,21,23H,9,11H2,1H3,(H,22,24). The first-order chi connectivity index (χ1) is 11.5. The van der Waals surface area contributed by atoms with Crippen molar-refractivity contribution in [3.63, 3.8) is 0 Å². The molecule has 1 amide bonds. The molecular formula is C19H19FN2O2. The molecule has 0 aliphatic heterocycles. The van der Waals surface area contributed by atoms with Crippen molar-refractivity contribution in [1.82, 2.24) is 10.3 Å². The Hall–Kier alpha value is -2.66. The molecule has 0 saturated carbocycles. The minimum absolute atomic E-state index is 0.0892. The lowest BCUT2D eigenvalue weighted by atomic mass is 10.1. The first kappa shape index (κ1) is 16.2. The van der Waals surface area contributed by atoms with Gasteiger partial charge in [0.05, 0.1) is 12.5 Å². The van der Waals surface area contributed by atoms with Crippen molar-refractivity contribution in [2.45, 2.75) is 19.4 Å². The van der Waals surface area contributed by atoms with Gasteiger partial charge in [0.25, 0.3) is 0 Å². The van der Waals surface area contributed by atoms with E-state index in [0.717, 1.165) is 22.0 Å². The number of aliphatic hydroxyl groups excluding tert-OH is 1. The lowest BCUT2D eigenvalue weighted by Gasteiger charge is -2.12. The normalized spacial score (nSPS) is 12.3. The molecule has 0 radical (unpaired) electrons. The van der Waals surface area contributed by atoms with Crippen LogP contribution in [0.3, 0.4) is 0 Å². The van der Waals surface area contributed by atoms with Crippen LogP contribution in [0.4, 0.5) is 4.39 Å². The number of carbonyl (C=O) groups is 1. The Balaban J connectivity index is 1.59. The van der Waals surface area contributed by atoms with E-state index in [0.29, 0.717) is 5.56 Å². The van der Waals surface area contributed by atoms with Gasteiger partial charge in [-0.25, -0.2) is 4.39 Å². The van der Waals surface area contributed by atoms with Crippen LogP contribution in [0.15, 0.2) is 48.7 Å². The number of nitrogens with one attached hydrogen (secondary N) is 2. The topological polar surface area (TPSA) is 65.1 Å². The van der Waals surface area contributed by atoms with E-state index in [1.165, 1.54) is 24.3 Å². The van der Waals surface area contributed by atoms with Crippen molar-refractivity contribution in [2.75, 3.05) is 6.54 Å². The quantitative estimate of drug-likeness (QED) is 0.675. The zero-order valence-electron chi connectivity index (χ0n) is 13.3. The van der Waals surface area contributed by atoms with Crippen LogP contribution < -0.4 is 5.32 Å². The van der Waals surface area contributed by atoms with Crippen molar-refractivity contribution >= 4 is 16.8 Å². The highest BCUT2D eigenvalue weighted by Crippen LogP contribution is 2.20. The van der Waals surface area contributed by atoms with Gasteiger partial charge in [0.15, 0.2) is 0 Å². The molecule has 2 aromatic carbocycles. The van der Waals surface area contributed by atoms with Gasteiger partial charge in [-0.1, -0.05) is 24.3 Å². The number of aromatic amines is 1. The predicted octanol–water partition coefficient (Wildman–Crippen LogP) is 3.01. The van der Waals surface area contributed by atoms with E-state index in [4.69, 9.17) is 0 Å². The molecular weight excluding hydrogens is 307 g/mol. The van der Waals surface area contributed by atoms with Gasteiger partial charge in [-0.05, 0) is 41.8 Å². The fourth-order valence-electron chi connectivity index (χ4n) is 2.70. The average molecular weight is 326 g/mol. The van der Waals surface area contributed by atoms with Crippen LogP contribution in [-0.4, -0.2) is 22.5 Å². The summed E-state index contributed by atoms with van der Waals surface area (Å²) in [5.41, 5.74) is 3.64. The number of carbonyl (C=O) groups excluding carboxylic acids is 1. The summed E-state index contributed by atoms with van der Waals surface area (Å²) in [4.78, 5) is 15.3.